The second-order valence-electron chi connectivity index (χ2n) is 3.92. The number of hydrogen-bond acceptors (Lipinski definition) is 6. The first-order chi connectivity index (χ1) is 9.42. The number of carbonyl (C=O) groups is 1. The lowest BCUT2D eigenvalue weighted by Crippen LogP contribution is -2.04. The van der Waals surface area contributed by atoms with Gasteiger partial charge in [0.2, 0.25) is 0 Å². The number of benzene rings is 1. The van der Waals surface area contributed by atoms with Gasteiger partial charge in [-0.1, -0.05) is 11.2 Å². The van der Waals surface area contributed by atoms with Crippen molar-refractivity contribution in [1.29, 1.82) is 0 Å². The normalized spacial score (nSPS) is 11.2. The summed E-state index contributed by atoms with van der Waals surface area (Å²) < 4.78 is 34.0. The Kier molecular flexibility index (Phi) is 3.75. The summed E-state index contributed by atoms with van der Waals surface area (Å²) in [6, 6.07) is 7.06. The summed E-state index contributed by atoms with van der Waals surface area (Å²) in [4.78, 5) is 10.7. The Bertz CT molecular complexity index is 734. The van der Waals surface area contributed by atoms with E-state index in [0.29, 0.717) is 5.75 Å². The first kappa shape index (κ1) is 14.1. The monoisotopic (exact) mass is 297 g/mol. The third kappa shape index (κ3) is 2.97. The number of carboxylic acid groups (broad SMARTS) is 1. The molecule has 0 aliphatic heterocycles. The van der Waals surface area contributed by atoms with Gasteiger partial charge in [0.1, 0.15) is 11.5 Å². The molecule has 0 spiro atoms. The quantitative estimate of drug-likeness (QED) is 0.887. The second kappa shape index (κ2) is 5.33. The first-order valence-corrected chi connectivity index (χ1v) is 7.13. The Hall–Kier alpha value is -2.35. The molecule has 2 aromatic rings. The molecule has 7 nitrogen and oxygen atoms in total. The topological polar surface area (TPSA) is 107 Å². The van der Waals surface area contributed by atoms with Crippen molar-refractivity contribution in [3.63, 3.8) is 0 Å². The van der Waals surface area contributed by atoms with E-state index in [2.05, 4.69) is 5.16 Å². The van der Waals surface area contributed by atoms with Gasteiger partial charge in [-0.2, -0.15) is 0 Å². The maximum Gasteiger partial charge on any atom is 0.358 e. The SMILES string of the molecule is COc1cccc(S(=O)(=O)Cc2cc(C(=O)O)no2)c1. The third-order valence-corrected chi connectivity index (χ3v) is 4.15. The molecule has 1 aromatic heterocycles. The first-order valence-electron chi connectivity index (χ1n) is 5.48. The van der Waals surface area contributed by atoms with Crippen LogP contribution in [0.5, 0.6) is 5.75 Å². The van der Waals surface area contributed by atoms with Crippen LogP contribution >= 0.6 is 0 Å². The maximum atomic E-state index is 12.2. The van der Waals surface area contributed by atoms with Crippen LogP contribution in [0.3, 0.4) is 0 Å². The second-order valence-corrected chi connectivity index (χ2v) is 5.91. The molecule has 106 valence electrons. The highest BCUT2D eigenvalue weighted by molar-refractivity contribution is 7.90. The van der Waals surface area contributed by atoms with E-state index in [4.69, 9.17) is 14.4 Å². The number of carboxylic acids is 1. The highest BCUT2D eigenvalue weighted by atomic mass is 32.2. The zero-order valence-electron chi connectivity index (χ0n) is 10.4. The molecule has 20 heavy (non-hydrogen) atoms. The molecule has 0 aliphatic rings. The van der Waals surface area contributed by atoms with E-state index in [0.717, 1.165) is 6.07 Å². The van der Waals surface area contributed by atoms with Crippen molar-refractivity contribution in [3.8, 4) is 5.75 Å². The van der Waals surface area contributed by atoms with Crippen LogP contribution in [0.4, 0.5) is 0 Å². The fourth-order valence-corrected chi connectivity index (χ4v) is 2.81. The molecule has 0 aliphatic carbocycles. The van der Waals surface area contributed by atoms with E-state index in [1.54, 1.807) is 12.1 Å². The Morgan fingerprint density at radius 3 is 2.75 bits per heavy atom. The molecule has 1 N–H and O–H groups in total. The predicted molar refractivity (Wildman–Crippen MR) is 67.3 cm³/mol. The van der Waals surface area contributed by atoms with Gasteiger partial charge < -0.3 is 14.4 Å². The minimum Gasteiger partial charge on any atom is -0.497 e. The van der Waals surface area contributed by atoms with Crippen molar-refractivity contribution in [2.45, 2.75) is 10.6 Å². The van der Waals surface area contributed by atoms with E-state index in [9.17, 15) is 13.2 Å². The summed E-state index contributed by atoms with van der Waals surface area (Å²) in [7, 11) is -2.23. The van der Waals surface area contributed by atoms with Gasteiger partial charge in [-0.15, -0.1) is 0 Å². The fourth-order valence-electron chi connectivity index (χ4n) is 1.55. The zero-order chi connectivity index (χ0) is 14.8. The number of hydrogen-bond donors (Lipinski definition) is 1. The number of methoxy groups -OCH3 is 1. The van der Waals surface area contributed by atoms with Crippen LogP contribution in [0.2, 0.25) is 0 Å². The minimum atomic E-state index is -3.66. The van der Waals surface area contributed by atoms with Gasteiger partial charge in [-0.3, -0.25) is 0 Å². The summed E-state index contributed by atoms with van der Waals surface area (Å²) in [5.41, 5.74) is -0.333. The molecule has 8 heteroatoms. The number of ether oxygens (including phenoxy) is 1. The van der Waals surface area contributed by atoms with Crippen molar-refractivity contribution >= 4 is 15.8 Å². The van der Waals surface area contributed by atoms with Crippen molar-refractivity contribution in [2.24, 2.45) is 0 Å². The van der Waals surface area contributed by atoms with Gasteiger partial charge in [0, 0.05) is 6.07 Å². The predicted octanol–water partition coefficient (Wildman–Crippen LogP) is 1.36. The lowest BCUT2D eigenvalue weighted by atomic mass is 10.3. The van der Waals surface area contributed by atoms with E-state index in [1.165, 1.54) is 19.2 Å². The molecule has 0 unspecified atom stereocenters. The Balaban J connectivity index is 2.27. The third-order valence-electron chi connectivity index (χ3n) is 2.51. The number of rotatable bonds is 5. The van der Waals surface area contributed by atoms with Crippen LogP contribution in [-0.2, 0) is 15.6 Å². The van der Waals surface area contributed by atoms with Gasteiger partial charge in [0.05, 0.1) is 12.0 Å². The number of aromatic carboxylic acids is 1. The number of nitrogens with zero attached hydrogens (tertiary/aromatic N) is 1. The van der Waals surface area contributed by atoms with Crippen LogP contribution < -0.4 is 4.74 Å². The average molecular weight is 297 g/mol. The Morgan fingerprint density at radius 1 is 1.40 bits per heavy atom. The van der Waals surface area contributed by atoms with Gasteiger partial charge in [-0.05, 0) is 18.2 Å². The van der Waals surface area contributed by atoms with E-state index in [-0.39, 0.29) is 16.3 Å². The molecule has 0 bridgehead atoms. The van der Waals surface area contributed by atoms with Crippen molar-refractivity contribution in [1.82, 2.24) is 5.16 Å². The number of aromatic nitrogens is 1. The van der Waals surface area contributed by atoms with Gasteiger partial charge in [0.25, 0.3) is 0 Å². The lowest BCUT2D eigenvalue weighted by Gasteiger charge is -2.04. The van der Waals surface area contributed by atoms with Crippen LogP contribution in [-0.4, -0.2) is 31.8 Å². The molecular weight excluding hydrogens is 286 g/mol. The highest BCUT2D eigenvalue weighted by Gasteiger charge is 2.20. The molecule has 0 radical (unpaired) electrons. The van der Waals surface area contributed by atoms with Crippen molar-refractivity contribution in [2.75, 3.05) is 7.11 Å². The lowest BCUT2D eigenvalue weighted by molar-refractivity contribution is 0.0685. The van der Waals surface area contributed by atoms with Gasteiger partial charge in [0.15, 0.2) is 21.3 Å². The van der Waals surface area contributed by atoms with Gasteiger partial charge >= 0.3 is 5.97 Å². The summed E-state index contributed by atoms with van der Waals surface area (Å²) >= 11 is 0. The minimum absolute atomic E-state index is 0.0368. The van der Waals surface area contributed by atoms with Crippen molar-refractivity contribution < 1.29 is 27.6 Å². The van der Waals surface area contributed by atoms with Crippen LogP contribution in [0.25, 0.3) is 0 Å². The highest BCUT2D eigenvalue weighted by Crippen LogP contribution is 2.21. The molecule has 1 heterocycles. The van der Waals surface area contributed by atoms with Crippen LogP contribution in [0.1, 0.15) is 16.2 Å². The fraction of sp³-hybridized carbons (Fsp3) is 0.167. The molecule has 2 rings (SSSR count). The van der Waals surface area contributed by atoms with Crippen LogP contribution in [0.15, 0.2) is 39.8 Å². The van der Waals surface area contributed by atoms with Crippen molar-refractivity contribution in [3.05, 3.63) is 41.8 Å². The molecule has 1 aromatic carbocycles. The molecular formula is C12H11NO6S. The molecule has 0 amide bonds. The van der Waals surface area contributed by atoms with Crippen LogP contribution in [0, 0.1) is 0 Å². The summed E-state index contributed by atoms with van der Waals surface area (Å²) in [5.74, 6) is -1.38. The standard InChI is InChI=1S/C12H11NO6S/c1-18-8-3-2-4-10(5-8)20(16,17)7-9-6-11(12(14)15)13-19-9/h2-6H,7H2,1H3,(H,14,15). The Labute approximate surface area is 114 Å². The summed E-state index contributed by atoms with van der Waals surface area (Å²) in [6.45, 7) is 0. The summed E-state index contributed by atoms with van der Waals surface area (Å²) in [5, 5.41) is 12.0. The Morgan fingerprint density at radius 2 is 2.15 bits per heavy atom. The molecule has 0 saturated carbocycles. The van der Waals surface area contributed by atoms with E-state index < -0.39 is 21.6 Å². The number of sulfone groups is 1. The molecule has 0 atom stereocenters. The van der Waals surface area contributed by atoms with E-state index >= 15 is 0 Å². The zero-order valence-corrected chi connectivity index (χ0v) is 11.3. The largest absolute Gasteiger partial charge is 0.497 e. The molecule has 0 saturated heterocycles. The smallest absolute Gasteiger partial charge is 0.358 e. The van der Waals surface area contributed by atoms with E-state index in [1.807, 2.05) is 0 Å². The maximum absolute atomic E-state index is 12.2. The average Bonchev–Trinajstić information content (AvgIpc) is 2.87. The van der Waals surface area contributed by atoms with Gasteiger partial charge in [-0.25, -0.2) is 13.2 Å². The summed E-state index contributed by atoms with van der Waals surface area (Å²) in [6.07, 6.45) is 0. The molecule has 0 fully saturated rings.